The first-order valence-electron chi connectivity index (χ1n) is 3.86. The molecule has 0 spiro atoms. The van der Waals surface area contributed by atoms with Crippen molar-refractivity contribution in [2.45, 2.75) is 18.3 Å². The normalized spacial score (nSPS) is 15.9. The van der Waals surface area contributed by atoms with Crippen LogP contribution in [0.4, 0.5) is 0 Å². The summed E-state index contributed by atoms with van der Waals surface area (Å²) in [4.78, 5) is 0. The van der Waals surface area contributed by atoms with Crippen molar-refractivity contribution in [2.24, 2.45) is 17.2 Å². The van der Waals surface area contributed by atoms with Crippen molar-refractivity contribution in [1.29, 1.82) is 0 Å². The Morgan fingerprint density at radius 3 is 1.46 bits per heavy atom. The summed E-state index contributed by atoms with van der Waals surface area (Å²) in [5.74, 6) is 0. The molecule has 1 unspecified atom stereocenters. The smallest absolute Gasteiger partial charge is 0.375 e. The van der Waals surface area contributed by atoms with Crippen LogP contribution in [0.5, 0.6) is 0 Å². The van der Waals surface area contributed by atoms with E-state index >= 15 is 0 Å². The summed E-state index contributed by atoms with van der Waals surface area (Å²) in [5.41, 5.74) is 17.2. The van der Waals surface area contributed by atoms with Crippen LogP contribution in [-0.2, 0) is 13.3 Å². The SMILES string of the molecule is CO[Si](OC)(OC)C(N)(N)C(C)N. The monoisotopic (exact) mass is 209 g/mol. The Kier molecular flexibility index (Phi) is 4.46. The van der Waals surface area contributed by atoms with Gasteiger partial charge in [-0.15, -0.1) is 0 Å². The van der Waals surface area contributed by atoms with Crippen molar-refractivity contribution in [1.82, 2.24) is 0 Å². The van der Waals surface area contributed by atoms with Gasteiger partial charge in [0.25, 0.3) is 0 Å². The van der Waals surface area contributed by atoms with Crippen LogP contribution >= 0.6 is 0 Å². The molecule has 1 atom stereocenters. The first-order chi connectivity index (χ1) is 5.88. The van der Waals surface area contributed by atoms with Crippen LogP contribution in [0.1, 0.15) is 6.92 Å². The Bertz CT molecular complexity index is 153. The molecular formula is C6H19N3O3Si. The molecule has 0 aromatic heterocycles. The molecule has 0 heterocycles. The van der Waals surface area contributed by atoms with E-state index in [0.29, 0.717) is 0 Å². The van der Waals surface area contributed by atoms with Gasteiger partial charge in [0.15, 0.2) is 0 Å². The third-order valence-corrected chi connectivity index (χ3v) is 5.22. The van der Waals surface area contributed by atoms with E-state index in [9.17, 15) is 0 Å². The molecule has 0 aliphatic heterocycles. The van der Waals surface area contributed by atoms with Crippen molar-refractivity contribution in [3.63, 3.8) is 0 Å². The second-order valence-electron chi connectivity index (χ2n) is 2.89. The largest absolute Gasteiger partial charge is 0.538 e. The van der Waals surface area contributed by atoms with Crippen LogP contribution in [0.25, 0.3) is 0 Å². The maximum absolute atomic E-state index is 5.81. The van der Waals surface area contributed by atoms with E-state index in [0.717, 1.165) is 0 Å². The van der Waals surface area contributed by atoms with Crippen LogP contribution in [-0.4, -0.2) is 41.5 Å². The molecule has 0 aliphatic rings. The topological polar surface area (TPSA) is 106 Å². The van der Waals surface area contributed by atoms with E-state index in [1.165, 1.54) is 21.3 Å². The Morgan fingerprint density at radius 2 is 1.38 bits per heavy atom. The summed E-state index contributed by atoms with van der Waals surface area (Å²) in [6.07, 6.45) is 0. The van der Waals surface area contributed by atoms with Crippen LogP contribution in [0.2, 0.25) is 0 Å². The summed E-state index contributed by atoms with van der Waals surface area (Å²) >= 11 is 0. The minimum atomic E-state index is -3.08. The zero-order valence-corrected chi connectivity index (χ0v) is 9.53. The van der Waals surface area contributed by atoms with Crippen LogP contribution in [0.3, 0.4) is 0 Å². The molecule has 0 radical (unpaired) electrons. The van der Waals surface area contributed by atoms with E-state index in [2.05, 4.69) is 0 Å². The molecule has 6 nitrogen and oxygen atoms in total. The Hall–Kier alpha value is -0.0231. The fraction of sp³-hybridized carbons (Fsp3) is 1.00. The summed E-state index contributed by atoms with van der Waals surface area (Å²) in [6, 6.07) is -0.487. The van der Waals surface area contributed by atoms with Gasteiger partial charge in [-0.05, 0) is 6.92 Å². The average Bonchev–Trinajstić information content (AvgIpc) is 2.08. The predicted molar refractivity (Wildman–Crippen MR) is 51.5 cm³/mol. The average molecular weight is 209 g/mol. The summed E-state index contributed by atoms with van der Waals surface area (Å²) < 4.78 is 15.4. The number of hydrogen-bond donors (Lipinski definition) is 3. The maximum Gasteiger partial charge on any atom is 0.538 e. The van der Waals surface area contributed by atoms with Crippen molar-refractivity contribution in [3.05, 3.63) is 0 Å². The lowest BCUT2D eigenvalue weighted by Gasteiger charge is -2.40. The van der Waals surface area contributed by atoms with Gasteiger partial charge in [-0.2, -0.15) is 0 Å². The van der Waals surface area contributed by atoms with E-state index < -0.39 is 20.1 Å². The molecule has 0 saturated carbocycles. The lowest BCUT2D eigenvalue weighted by Crippen LogP contribution is -2.80. The molecule has 7 heteroatoms. The minimum Gasteiger partial charge on any atom is -0.375 e. The first kappa shape index (κ1) is 13.0. The van der Waals surface area contributed by atoms with Gasteiger partial charge in [-0.3, -0.25) is 0 Å². The maximum atomic E-state index is 5.81. The molecular weight excluding hydrogens is 190 g/mol. The van der Waals surface area contributed by atoms with Gasteiger partial charge in [0, 0.05) is 27.4 Å². The van der Waals surface area contributed by atoms with Crippen molar-refractivity contribution >= 4 is 8.80 Å². The molecule has 6 N–H and O–H groups in total. The molecule has 0 aromatic rings. The zero-order chi connectivity index (χ0) is 10.7. The molecule has 0 aliphatic carbocycles. The molecule has 0 saturated heterocycles. The van der Waals surface area contributed by atoms with Gasteiger partial charge < -0.3 is 30.5 Å². The summed E-state index contributed by atoms with van der Waals surface area (Å²) in [5, 5.41) is -1.29. The first-order valence-corrected chi connectivity index (χ1v) is 5.59. The van der Waals surface area contributed by atoms with Gasteiger partial charge in [0.1, 0.15) is 5.29 Å². The second kappa shape index (κ2) is 4.47. The van der Waals surface area contributed by atoms with Gasteiger partial charge in [-0.1, -0.05) is 0 Å². The third kappa shape index (κ3) is 2.07. The summed E-state index contributed by atoms with van der Waals surface area (Å²) in [6.45, 7) is 1.68. The van der Waals surface area contributed by atoms with Crippen molar-refractivity contribution in [3.8, 4) is 0 Å². The second-order valence-corrected chi connectivity index (χ2v) is 6.09. The van der Waals surface area contributed by atoms with Crippen LogP contribution < -0.4 is 17.2 Å². The lowest BCUT2D eigenvalue weighted by molar-refractivity contribution is 0.0871. The van der Waals surface area contributed by atoms with Gasteiger partial charge in [0.05, 0.1) is 0 Å². The highest BCUT2D eigenvalue weighted by atomic mass is 28.4. The number of nitrogens with two attached hydrogens (primary N) is 3. The fourth-order valence-electron chi connectivity index (χ4n) is 1.06. The van der Waals surface area contributed by atoms with Crippen molar-refractivity contribution in [2.75, 3.05) is 21.3 Å². The Balaban J connectivity index is 4.91. The molecule has 0 bridgehead atoms. The third-order valence-electron chi connectivity index (χ3n) is 2.09. The van der Waals surface area contributed by atoms with E-state index in [1.54, 1.807) is 6.92 Å². The Morgan fingerprint density at radius 1 is 1.08 bits per heavy atom. The zero-order valence-electron chi connectivity index (χ0n) is 8.53. The quantitative estimate of drug-likeness (QED) is 0.370. The predicted octanol–water partition coefficient (Wildman–Crippen LogP) is -1.64. The highest BCUT2D eigenvalue weighted by Crippen LogP contribution is 2.18. The van der Waals surface area contributed by atoms with E-state index in [-0.39, 0.29) is 0 Å². The van der Waals surface area contributed by atoms with Crippen molar-refractivity contribution < 1.29 is 13.3 Å². The molecule has 13 heavy (non-hydrogen) atoms. The molecule has 0 fully saturated rings. The summed E-state index contributed by atoms with van der Waals surface area (Å²) in [7, 11) is 1.24. The minimum absolute atomic E-state index is 0.487. The van der Waals surface area contributed by atoms with Crippen LogP contribution in [0, 0.1) is 0 Å². The number of rotatable bonds is 5. The number of hydrogen-bond acceptors (Lipinski definition) is 6. The van der Waals surface area contributed by atoms with Gasteiger partial charge in [0.2, 0.25) is 0 Å². The molecule has 80 valence electrons. The molecule has 0 rings (SSSR count). The standard InChI is InChI=1S/C6H19N3O3Si/c1-5(7)6(8,9)13(10-2,11-3)12-4/h5H,7-9H2,1-4H3. The molecule has 0 aromatic carbocycles. The van der Waals surface area contributed by atoms with E-state index in [1.807, 2.05) is 0 Å². The highest BCUT2D eigenvalue weighted by Gasteiger charge is 2.57. The van der Waals surface area contributed by atoms with Gasteiger partial charge in [-0.25, -0.2) is 0 Å². The Labute approximate surface area is 79.7 Å². The van der Waals surface area contributed by atoms with E-state index in [4.69, 9.17) is 30.5 Å². The highest BCUT2D eigenvalue weighted by molar-refractivity contribution is 6.64. The molecule has 0 amide bonds. The fourth-order valence-corrected chi connectivity index (χ4v) is 3.18. The lowest BCUT2D eigenvalue weighted by atomic mass is 10.3. The van der Waals surface area contributed by atoms with Crippen LogP contribution in [0.15, 0.2) is 0 Å². The van der Waals surface area contributed by atoms with Gasteiger partial charge >= 0.3 is 8.80 Å².